The summed E-state index contributed by atoms with van der Waals surface area (Å²) in [4.78, 5) is 0. The Morgan fingerprint density at radius 3 is 2.40 bits per heavy atom. The monoisotopic (exact) mass is 295 g/mol. The van der Waals surface area contributed by atoms with Gasteiger partial charge in [0.1, 0.15) is 11.6 Å². The van der Waals surface area contributed by atoms with Crippen LogP contribution in [0.2, 0.25) is 5.02 Å². The van der Waals surface area contributed by atoms with Crippen molar-refractivity contribution in [2.45, 2.75) is 26.8 Å². The van der Waals surface area contributed by atoms with E-state index in [1.54, 1.807) is 26.0 Å². The van der Waals surface area contributed by atoms with E-state index in [1.165, 1.54) is 12.1 Å². The van der Waals surface area contributed by atoms with Crippen LogP contribution in [0, 0.1) is 25.5 Å². The van der Waals surface area contributed by atoms with Gasteiger partial charge in [-0.25, -0.2) is 8.78 Å². The van der Waals surface area contributed by atoms with Crippen LogP contribution in [0.25, 0.3) is 0 Å². The van der Waals surface area contributed by atoms with Crippen molar-refractivity contribution in [1.29, 1.82) is 0 Å². The highest BCUT2D eigenvalue weighted by atomic mass is 35.5. The van der Waals surface area contributed by atoms with Gasteiger partial charge in [0.25, 0.3) is 0 Å². The molecule has 0 radical (unpaired) electrons. The quantitative estimate of drug-likeness (QED) is 0.798. The van der Waals surface area contributed by atoms with Gasteiger partial charge in [0.15, 0.2) is 0 Å². The average molecular weight is 296 g/mol. The lowest BCUT2D eigenvalue weighted by Crippen LogP contribution is -2.10. The molecule has 0 aliphatic heterocycles. The van der Waals surface area contributed by atoms with Gasteiger partial charge in [-0.05, 0) is 56.2 Å². The lowest BCUT2D eigenvalue weighted by molar-refractivity contribution is 0.571. The van der Waals surface area contributed by atoms with E-state index in [1.807, 2.05) is 13.0 Å². The standard InChI is InChI=1S/C16H16ClF2N/c1-9-4-5-12(17)7-16(9)20-11(3)13-8-14(18)10(2)6-15(13)19/h4-8,11,20H,1-3H3. The van der Waals surface area contributed by atoms with E-state index in [0.29, 0.717) is 16.1 Å². The summed E-state index contributed by atoms with van der Waals surface area (Å²) in [6.45, 7) is 5.26. The fraction of sp³-hybridized carbons (Fsp3) is 0.250. The smallest absolute Gasteiger partial charge is 0.128 e. The molecule has 2 aromatic carbocycles. The van der Waals surface area contributed by atoms with Gasteiger partial charge in [0.2, 0.25) is 0 Å². The summed E-state index contributed by atoms with van der Waals surface area (Å²) < 4.78 is 27.5. The van der Waals surface area contributed by atoms with Crippen LogP contribution in [-0.4, -0.2) is 0 Å². The molecule has 1 nitrogen and oxygen atoms in total. The molecule has 1 N–H and O–H groups in total. The summed E-state index contributed by atoms with van der Waals surface area (Å²) >= 11 is 5.95. The van der Waals surface area contributed by atoms with Crippen LogP contribution in [0.15, 0.2) is 30.3 Å². The molecule has 0 fully saturated rings. The van der Waals surface area contributed by atoms with Crippen molar-refractivity contribution in [3.8, 4) is 0 Å². The molecule has 0 aliphatic rings. The Morgan fingerprint density at radius 2 is 1.70 bits per heavy atom. The average Bonchev–Trinajstić information content (AvgIpc) is 2.38. The zero-order valence-corrected chi connectivity index (χ0v) is 12.4. The number of hydrogen-bond donors (Lipinski definition) is 1. The van der Waals surface area contributed by atoms with Crippen molar-refractivity contribution < 1.29 is 8.78 Å². The third-order valence-corrected chi connectivity index (χ3v) is 3.55. The molecule has 0 saturated heterocycles. The van der Waals surface area contributed by atoms with E-state index in [0.717, 1.165) is 11.3 Å². The zero-order chi connectivity index (χ0) is 14.9. The van der Waals surface area contributed by atoms with Crippen LogP contribution in [0.5, 0.6) is 0 Å². The summed E-state index contributed by atoms with van der Waals surface area (Å²) in [5.41, 5.74) is 2.41. The van der Waals surface area contributed by atoms with Gasteiger partial charge in [0.05, 0.1) is 6.04 Å². The number of benzene rings is 2. The summed E-state index contributed by atoms with van der Waals surface area (Å²) in [6.07, 6.45) is 0. The van der Waals surface area contributed by atoms with Crippen molar-refractivity contribution in [2.75, 3.05) is 5.32 Å². The molecule has 0 saturated carbocycles. The molecule has 1 atom stereocenters. The number of aryl methyl sites for hydroxylation is 2. The van der Waals surface area contributed by atoms with Crippen LogP contribution in [-0.2, 0) is 0 Å². The molecule has 20 heavy (non-hydrogen) atoms. The van der Waals surface area contributed by atoms with Crippen molar-refractivity contribution in [1.82, 2.24) is 0 Å². The molecule has 106 valence electrons. The van der Waals surface area contributed by atoms with Crippen molar-refractivity contribution in [2.24, 2.45) is 0 Å². The summed E-state index contributed by atoms with van der Waals surface area (Å²) in [7, 11) is 0. The Labute approximate surface area is 122 Å². The van der Waals surface area contributed by atoms with E-state index < -0.39 is 11.6 Å². The van der Waals surface area contributed by atoms with Gasteiger partial charge < -0.3 is 5.32 Å². The highest BCUT2D eigenvalue weighted by Crippen LogP contribution is 2.27. The number of halogens is 3. The fourth-order valence-electron chi connectivity index (χ4n) is 2.05. The molecule has 0 spiro atoms. The minimum Gasteiger partial charge on any atom is -0.378 e. The van der Waals surface area contributed by atoms with E-state index in [-0.39, 0.29) is 6.04 Å². The SMILES string of the molecule is Cc1cc(F)c(C(C)Nc2cc(Cl)ccc2C)cc1F. The van der Waals surface area contributed by atoms with Crippen molar-refractivity contribution in [3.63, 3.8) is 0 Å². The maximum absolute atomic E-state index is 13.9. The number of hydrogen-bond acceptors (Lipinski definition) is 1. The normalized spacial score (nSPS) is 12.3. The van der Waals surface area contributed by atoms with Crippen molar-refractivity contribution in [3.05, 3.63) is 63.7 Å². The topological polar surface area (TPSA) is 12.0 Å². The molecule has 0 aliphatic carbocycles. The maximum Gasteiger partial charge on any atom is 0.128 e. The van der Waals surface area contributed by atoms with Crippen molar-refractivity contribution >= 4 is 17.3 Å². The van der Waals surface area contributed by atoms with Gasteiger partial charge >= 0.3 is 0 Å². The Balaban J connectivity index is 2.30. The first-order chi connectivity index (χ1) is 9.38. The van der Waals surface area contributed by atoms with Crippen LogP contribution < -0.4 is 5.32 Å². The van der Waals surface area contributed by atoms with Crippen LogP contribution >= 0.6 is 11.6 Å². The highest BCUT2D eigenvalue weighted by Gasteiger charge is 2.14. The number of anilines is 1. The van der Waals surface area contributed by atoms with Crippen LogP contribution in [0.1, 0.15) is 29.7 Å². The molecule has 2 aromatic rings. The first-order valence-electron chi connectivity index (χ1n) is 6.36. The summed E-state index contributed by atoms with van der Waals surface area (Å²) in [5, 5.41) is 3.76. The predicted molar refractivity (Wildman–Crippen MR) is 79.3 cm³/mol. The first kappa shape index (κ1) is 14.8. The largest absolute Gasteiger partial charge is 0.378 e. The number of nitrogens with one attached hydrogen (secondary N) is 1. The molecule has 4 heteroatoms. The van der Waals surface area contributed by atoms with Crippen LogP contribution in [0.4, 0.5) is 14.5 Å². The maximum atomic E-state index is 13.9. The molecule has 0 aromatic heterocycles. The third kappa shape index (κ3) is 3.10. The van der Waals surface area contributed by atoms with Gasteiger partial charge in [-0.2, -0.15) is 0 Å². The zero-order valence-electron chi connectivity index (χ0n) is 11.6. The second-order valence-electron chi connectivity index (χ2n) is 4.95. The second kappa shape index (κ2) is 5.80. The summed E-state index contributed by atoms with van der Waals surface area (Å²) in [5.74, 6) is -0.818. The van der Waals surface area contributed by atoms with Gasteiger partial charge in [-0.1, -0.05) is 17.7 Å². The first-order valence-corrected chi connectivity index (χ1v) is 6.74. The molecule has 0 bridgehead atoms. The van der Waals surface area contributed by atoms with E-state index in [2.05, 4.69) is 5.32 Å². The second-order valence-corrected chi connectivity index (χ2v) is 5.38. The Morgan fingerprint density at radius 1 is 1.00 bits per heavy atom. The molecule has 2 rings (SSSR count). The minimum absolute atomic E-state index is 0.299. The Kier molecular flexibility index (Phi) is 4.29. The summed E-state index contributed by atoms with van der Waals surface area (Å²) in [6, 6.07) is 7.54. The molecular formula is C16H16ClF2N. The lowest BCUT2D eigenvalue weighted by Gasteiger charge is -2.19. The molecule has 0 amide bonds. The lowest BCUT2D eigenvalue weighted by atomic mass is 10.0. The molecule has 0 heterocycles. The van der Waals surface area contributed by atoms with E-state index >= 15 is 0 Å². The van der Waals surface area contributed by atoms with E-state index in [9.17, 15) is 8.78 Å². The van der Waals surface area contributed by atoms with Gasteiger partial charge in [-0.15, -0.1) is 0 Å². The van der Waals surface area contributed by atoms with E-state index in [4.69, 9.17) is 11.6 Å². The highest BCUT2D eigenvalue weighted by molar-refractivity contribution is 6.30. The van der Waals surface area contributed by atoms with Gasteiger partial charge in [0, 0.05) is 16.3 Å². The van der Waals surface area contributed by atoms with Gasteiger partial charge in [-0.3, -0.25) is 0 Å². The number of rotatable bonds is 3. The molecular weight excluding hydrogens is 280 g/mol. The Hall–Kier alpha value is -1.61. The fourth-order valence-corrected chi connectivity index (χ4v) is 2.23. The molecule has 1 unspecified atom stereocenters. The minimum atomic E-state index is -0.413. The van der Waals surface area contributed by atoms with Crippen LogP contribution in [0.3, 0.4) is 0 Å². The third-order valence-electron chi connectivity index (χ3n) is 3.32. The predicted octanol–water partition coefficient (Wildman–Crippen LogP) is 5.41. The Bertz CT molecular complexity index is 641.